The van der Waals surface area contributed by atoms with E-state index in [2.05, 4.69) is 22.2 Å². The Bertz CT molecular complexity index is 871. The molecule has 0 spiro atoms. The predicted octanol–water partition coefficient (Wildman–Crippen LogP) is 3.53. The fraction of sp³-hybridized carbons (Fsp3) is 0.476. The highest BCUT2D eigenvalue weighted by molar-refractivity contribution is 5.93. The lowest BCUT2D eigenvalue weighted by molar-refractivity contribution is 0.0601. The summed E-state index contributed by atoms with van der Waals surface area (Å²) in [5.41, 5.74) is 1.51. The Kier molecular flexibility index (Phi) is 5.32. The molecule has 0 bridgehead atoms. The number of hydrogen-bond donors (Lipinski definition) is 1. The lowest BCUT2D eigenvalue weighted by Gasteiger charge is -2.35. The Labute approximate surface area is 165 Å². The van der Waals surface area contributed by atoms with Crippen LogP contribution in [0, 0.1) is 6.92 Å². The number of hydrogen-bond acceptors (Lipinski definition) is 6. The number of amides is 1. The SMILES string of the molecule is CCC1CCCCN1C(=O)c1cc(NCc2ccc3c(c2)OCO3)nc(C)n1. The molecular weight excluding hydrogens is 356 g/mol. The van der Waals surface area contributed by atoms with Gasteiger partial charge in [-0.1, -0.05) is 13.0 Å². The van der Waals surface area contributed by atoms with Gasteiger partial charge in [-0.05, 0) is 50.3 Å². The van der Waals surface area contributed by atoms with Gasteiger partial charge in [0.05, 0.1) is 0 Å². The molecule has 7 nitrogen and oxygen atoms in total. The maximum Gasteiger partial charge on any atom is 0.272 e. The molecule has 7 heteroatoms. The van der Waals surface area contributed by atoms with Crippen LogP contribution in [0.4, 0.5) is 5.82 Å². The van der Waals surface area contributed by atoms with E-state index in [9.17, 15) is 4.79 Å². The summed E-state index contributed by atoms with van der Waals surface area (Å²) < 4.78 is 10.8. The summed E-state index contributed by atoms with van der Waals surface area (Å²) in [6.45, 7) is 5.59. The van der Waals surface area contributed by atoms with Gasteiger partial charge in [-0.25, -0.2) is 9.97 Å². The molecule has 1 N–H and O–H groups in total. The third-order valence-electron chi connectivity index (χ3n) is 5.33. The van der Waals surface area contributed by atoms with Crippen molar-refractivity contribution in [2.24, 2.45) is 0 Å². The van der Waals surface area contributed by atoms with Crippen molar-refractivity contribution in [3.8, 4) is 11.5 Å². The molecule has 3 heterocycles. The summed E-state index contributed by atoms with van der Waals surface area (Å²) in [6, 6.07) is 7.90. The maximum absolute atomic E-state index is 13.1. The van der Waals surface area contributed by atoms with Crippen LogP contribution in [-0.2, 0) is 6.54 Å². The van der Waals surface area contributed by atoms with Gasteiger partial charge in [0.15, 0.2) is 11.5 Å². The topological polar surface area (TPSA) is 76.6 Å². The molecule has 0 radical (unpaired) electrons. The average molecular weight is 382 g/mol. The van der Waals surface area contributed by atoms with Crippen molar-refractivity contribution in [1.82, 2.24) is 14.9 Å². The van der Waals surface area contributed by atoms with Gasteiger partial charge in [0.2, 0.25) is 6.79 Å². The summed E-state index contributed by atoms with van der Waals surface area (Å²) >= 11 is 0. The van der Waals surface area contributed by atoms with E-state index in [-0.39, 0.29) is 12.7 Å². The second-order valence-electron chi connectivity index (χ2n) is 7.28. The first-order chi connectivity index (χ1) is 13.6. The number of carbonyl (C=O) groups excluding carboxylic acids is 1. The summed E-state index contributed by atoms with van der Waals surface area (Å²) in [4.78, 5) is 23.9. The fourth-order valence-electron chi connectivity index (χ4n) is 3.85. The normalized spacial score (nSPS) is 18.2. The summed E-state index contributed by atoms with van der Waals surface area (Å²) in [5, 5.41) is 3.30. The zero-order chi connectivity index (χ0) is 19.5. The molecular formula is C21H26N4O3. The first-order valence-electron chi connectivity index (χ1n) is 9.93. The Hall–Kier alpha value is -2.83. The van der Waals surface area contributed by atoms with Crippen LogP contribution in [-0.4, -0.2) is 40.2 Å². The highest BCUT2D eigenvalue weighted by Gasteiger charge is 2.27. The summed E-state index contributed by atoms with van der Waals surface area (Å²) in [5.74, 6) is 2.76. The van der Waals surface area contributed by atoms with E-state index < -0.39 is 0 Å². The number of piperidine rings is 1. The molecule has 1 aromatic carbocycles. The first-order valence-corrected chi connectivity index (χ1v) is 9.93. The van der Waals surface area contributed by atoms with Crippen molar-refractivity contribution < 1.29 is 14.3 Å². The molecule has 2 aliphatic rings. The molecule has 28 heavy (non-hydrogen) atoms. The zero-order valence-electron chi connectivity index (χ0n) is 16.4. The number of anilines is 1. The van der Waals surface area contributed by atoms with Crippen molar-refractivity contribution in [2.75, 3.05) is 18.7 Å². The molecule has 2 aromatic rings. The summed E-state index contributed by atoms with van der Waals surface area (Å²) in [6.07, 6.45) is 4.29. The van der Waals surface area contributed by atoms with Crippen molar-refractivity contribution in [1.29, 1.82) is 0 Å². The minimum Gasteiger partial charge on any atom is -0.454 e. The van der Waals surface area contributed by atoms with Gasteiger partial charge in [0.1, 0.15) is 17.3 Å². The molecule has 1 fully saturated rings. The number of ether oxygens (including phenoxy) is 2. The van der Waals surface area contributed by atoms with Crippen molar-refractivity contribution in [2.45, 2.75) is 52.1 Å². The number of nitrogens with zero attached hydrogens (tertiary/aromatic N) is 3. The van der Waals surface area contributed by atoms with Gasteiger partial charge in [-0.2, -0.15) is 0 Å². The average Bonchev–Trinajstić information content (AvgIpc) is 3.19. The maximum atomic E-state index is 13.1. The van der Waals surface area contributed by atoms with E-state index in [1.165, 1.54) is 6.42 Å². The van der Waals surface area contributed by atoms with Crippen LogP contribution in [0.25, 0.3) is 0 Å². The van der Waals surface area contributed by atoms with Crippen LogP contribution >= 0.6 is 0 Å². The Morgan fingerprint density at radius 1 is 1.21 bits per heavy atom. The smallest absolute Gasteiger partial charge is 0.272 e. The number of aryl methyl sites for hydroxylation is 1. The summed E-state index contributed by atoms with van der Waals surface area (Å²) in [7, 11) is 0. The second kappa shape index (κ2) is 8.04. The Morgan fingerprint density at radius 3 is 2.93 bits per heavy atom. The second-order valence-corrected chi connectivity index (χ2v) is 7.28. The number of likely N-dealkylation sites (tertiary alicyclic amines) is 1. The fourth-order valence-corrected chi connectivity index (χ4v) is 3.85. The molecule has 1 saturated heterocycles. The molecule has 1 unspecified atom stereocenters. The van der Waals surface area contributed by atoms with E-state index in [1.54, 1.807) is 6.07 Å². The van der Waals surface area contributed by atoms with Gasteiger partial charge in [0, 0.05) is 25.2 Å². The van der Waals surface area contributed by atoms with Crippen LogP contribution in [0.5, 0.6) is 11.5 Å². The van der Waals surface area contributed by atoms with E-state index in [4.69, 9.17) is 9.47 Å². The van der Waals surface area contributed by atoms with E-state index in [1.807, 2.05) is 30.0 Å². The van der Waals surface area contributed by atoms with Crippen LogP contribution in [0.3, 0.4) is 0 Å². The third kappa shape index (κ3) is 3.88. The van der Waals surface area contributed by atoms with Gasteiger partial charge in [-0.15, -0.1) is 0 Å². The molecule has 0 aliphatic carbocycles. The van der Waals surface area contributed by atoms with Gasteiger partial charge >= 0.3 is 0 Å². The minimum absolute atomic E-state index is 0.00294. The number of rotatable bonds is 5. The lowest BCUT2D eigenvalue weighted by atomic mass is 9.99. The lowest BCUT2D eigenvalue weighted by Crippen LogP contribution is -2.43. The number of carbonyl (C=O) groups is 1. The highest BCUT2D eigenvalue weighted by atomic mass is 16.7. The Morgan fingerprint density at radius 2 is 2.07 bits per heavy atom. The largest absolute Gasteiger partial charge is 0.454 e. The molecule has 2 aliphatic heterocycles. The molecule has 0 saturated carbocycles. The van der Waals surface area contributed by atoms with E-state index in [0.29, 0.717) is 29.9 Å². The van der Waals surface area contributed by atoms with Crippen LogP contribution in [0.2, 0.25) is 0 Å². The number of benzene rings is 1. The molecule has 4 rings (SSSR count). The van der Waals surface area contributed by atoms with Gasteiger partial charge in [-0.3, -0.25) is 4.79 Å². The van der Waals surface area contributed by atoms with E-state index in [0.717, 1.165) is 42.9 Å². The monoisotopic (exact) mass is 382 g/mol. The number of fused-ring (bicyclic) bond motifs is 1. The Balaban J connectivity index is 1.48. The van der Waals surface area contributed by atoms with Crippen LogP contribution < -0.4 is 14.8 Å². The first kappa shape index (κ1) is 18.5. The van der Waals surface area contributed by atoms with Crippen LogP contribution in [0.1, 0.15) is 54.5 Å². The van der Waals surface area contributed by atoms with Gasteiger partial charge in [0.25, 0.3) is 5.91 Å². The van der Waals surface area contributed by atoms with Gasteiger partial charge < -0.3 is 19.7 Å². The quantitative estimate of drug-likeness (QED) is 0.852. The standard InChI is InChI=1S/C21H26N4O3/c1-3-16-6-4-5-9-25(16)21(26)17-11-20(24-14(2)23-17)22-12-15-7-8-18-19(10-15)28-13-27-18/h7-8,10-11,16H,3-6,9,12-13H2,1-2H3,(H,22,23,24). The zero-order valence-corrected chi connectivity index (χ0v) is 16.4. The molecule has 1 atom stereocenters. The highest BCUT2D eigenvalue weighted by Crippen LogP contribution is 2.32. The van der Waals surface area contributed by atoms with Crippen LogP contribution in [0.15, 0.2) is 24.3 Å². The van der Waals surface area contributed by atoms with Crippen molar-refractivity contribution in [3.63, 3.8) is 0 Å². The predicted molar refractivity (Wildman–Crippen MR) is 106 cm³/mol. The molecule has 148 valence electrons. The molecule has 1 amide bonds. The number of nitrogens with one attached hydrogen (secondary N) is 1. The van der Waals surface area contributed by atoms with Crippen molar-refractivity contribution in [3.05, 3.63) is 41.3 Å². The van der Waals surface area contributed by atoms with E-state index >= 15 is 0 Å². The number of aromatic nitrogens is 2. The third-order valence-corrected chi connectivity index (χ3v) is 5.33. The van der Waals surface area contributed by atoms with Crippen molar-refractivity contribution >= 4 is 11.7 Å². The molecule has 1 aromatic heterocycles. The minimum atomic E-state index is 0.00294.